The molecule has 18 heavy (non-hydrogen) atoms. The molecule has 0 fully saturated rings. The van der Waals surface area contributed by atoms with Crippen LogP contribution in [-0.4, -0.2) is 20.4 Å². The van der Waals surface area contributed by atoms with Gasteiger partial charge in [0.2, 0.25) is 0 Å². The summed E-state index contributed by atoms with van der Waals surface area (Å²) in [5.74, 6) is -0.00335. The molecule has 4 heteroatoms. The normalized spacial score (nSPS) is 13.7. The third-order valence-electron chi connectivity index (χ3n) is 3.91. The molecule has 0 amide bonds. The molecule has 0 aliphatic heterocycles. The van der Waals surface area contributed by atoms with Gasteiger partial charge in [-0.25, -0.2) is 8.42 Å². The van der Waals surface area contributed by atoms with E-state index in [1.54, 1.807) is 0 Å². The molecule has 0 aromatic heterocycles. The highest BCUT2D eigenvalue weighted by atomic mass is 32.2. The van der Waals surface area contributed by atoms with Crippen LogP contribution in [0.25, 0.3) is 0 Å². The van der Waals surface area contributed by atoms with Gasteiger partial charge in [0.1, 0.15) is 9.84 Å². The maximum absolute atomic E-state index is 11.4. The largest absolute Gasteiger partial charge is 0.323 e. The van der Waals surface area contributed by atoms with E-state index in [-0.39, 0.29) is 5.75 Å². The maximum atomic E-state index is 11.4. The van der Waals surface area contributed by atoms with E-state index in [1.807, 2.05) is 13.8 Å². The van der Waals surface area contributed by atoms with E-state index in [9.17, 15) is 8.42 Å². The minimum atomic E-state index is -3.07. The number of hydrogen-bond donors (Lipinski definition) is 1. The van der Waals surface area contributed by atoms with Crippen LogP contribution in [-0.2, 0) is 9.84 Å². The van der Waals surface area contributed by atoms with Gasteiger partial charge >= 0.3 is 0 Å². The Bertz CT molecular complexity index is 545. The van der Waals surface area contributed by atoms with Gasteiger partial charge in [-0.3, -0.25) is 0 Å². The molecule has 1 aromatic carbocycles. The van der Waals surface area contributed by atoms with Crippen LogP contribution < -0.4 is 5.73 Å². The van der Waals surface area contributed by atoms with Gasteiger partial charge in [-0.05, 0) is 68.0 Å². The van der Waals surface area contributed by atoms with Gasteiger partial charge in [0, 0.05) is 12.3 Å². The van der Waals surface area contributed by atoms with Crippen molar-refractivity contribution < 1.29 is 8.42 Å². The van der Waals surface area contributed by atoms with Crippen molar-refractivity contribution in [3.8, 4) is 0 Å². The zero-order valence-electron chi connectivity index (χ0n) is 12.1. The second kappa shape index (κ2) is 5.02. The average molecular weight is 269 g/mol. The number of nitrogens with two attached hydrogens (primary N) is 1. The Morgan fingerprint density at radius 3 is 1.56 bits per heavy atom. The maximum Gasteiger partial charge on any atom is 0.149 e. The standard InChI is InChI=1S/C14H23NO2S/c1-8-9(2)11(4)14(12(5)10(8)3)13(15)7-18(6,16)17/h13H,7,15H2,1-6H3. The van der Waals surface area contributed by atoms with E-state index in [0.717, 1.165) is 16.7 Å². The Kier molecular flexibility index (Phi) is 4.23. The molecule has 0 heterocycles. The van der Waals surface area contributed by atoms with Crippen molar-refractivity contribution in [1.82, 2.24) is 0 Å². The lowest BCUT2D eigenvalue weighted by Gasteiger charge is -2.22. The molecular formula is C14H23NO2S. The van der Waals surface area contributed by atoms with Crippen LogP contribution in [0, 0.1) is 34.6 Å². The molecule has 1 rings (SSSR count). The summed E-state index contributed by atoms with van der Waals surface area (Å²) in [6, 6.07) is -0.446. The predicted octanol–water partition coefficient (Wildman–Crippen LogP) is 2.27. The van der Waals surface area contributed by atoms with E-state index in [2.05, 4.69) is 20.8 Å². The zero-order chi connectivity index (χ0) is 14.2. The summed E-state index contributed by atoms with van der Waals surface area (Å²) in [5, 5.41) is 0. The first-order valence-electron chi connectivity index (χ1n) is 6.06. The first-order valence-corrected chi connectivity index (χ1v) is 8.12. The molecule has 0 spiro atoms. The van der Waals surface area contributed by atoms with Crippen molar-refractivity contribution in [2.75, 3.05) is 12.0 Å². The van der Waals surface area contributed by atoms with Crippen LogP contribution in [0.2, 0.25) is 0 Å². The van der Waals surface area contributed by atoms with Crippen molar-refractivity contribution in [1.29, 1.82) is 0 Å². The minimum Gasteiger partial charge on any atom is -0.323 e. The molecule has 1 unspecified atom stereocenters. The Morgan fingerprint density at radius 1 is 0.889 bits per heavy atom. The Morgan fingerprint density at radius 2 is 1.22 bits per heavy atom. The second-order valence-electron chi connectivity index (χ2n) is 5.24. The van der Waals surface area contributed by atoms with Gasteiger partial charge in [-0.2, -0.15) is 0 Å². The number of hydrogen-bond acceptors (Lipinski definition) is 3. The summed E-state index contributed by atoms with van der Waals surface area (Å²) in [4.78, 5) is 0. The SMILES string of the molecule is Cc1c(C)c(C)c(C(N)CS(C)(=O)=O)c(C)c1C. The smallest absolute Gasteiger partial charge is 0.149 e. The van der Waals surface area contributed by atoms with Gasteiger partial charge in [-0.15, -0.1) is 0 Å². The number of benzene rings is 1. The van der Waals surface area contributed by atoms with Crippen LogP contribution in [0.3, 0.4) is 0 Å². The van der Waals surface area contributed by atoms with Crippen LogP contribution in [0.1, 0.15) is 39.4 Å². The Labute approximate surface area is 110 Å². The van der Waals surface area contributed by atoms with Gasteiger partial charge < -0.3 is 5.73 Å². The first kappa shape index (κ1) is 15.2. The quantitative estimate of drug-likeness (QED) is 0.915. The molecule has 0 saturated carbocycles. The van der Waals surface area contributed by atoms with Gasteiger partial charge in [0.15, 0.2) is 0 Å². The molecule has 0 saturated heterocycles. The molecule has 1 aromatic rings. The predicted molar refractivity (Wildman–Crippen MR) is 76.8 cm³/mol. The fourth-order valence-corrected chi connectivity index (χ4v) is 3.31. The number of rotatable bonds is 3. The Hall–Kier alpha value is -0.870. The third-order valence-corrected chi connectivity index (χ3v) is 4.88. The molecule has 3 nitrogen and oxygen atoms in total. The summed E-state index contributed by atoms with van der Waals surface area (Å²) in [6.45, 7) is 10.3. The molecular weight excluding hydrogens is 246 g/mol. The van der Waals surface area contributed by atoms with E-state index in [0.29, 0.717) is 0 Å². The van der Waals surface area contributed by atoms with E-state index in [1.165, 1.54) is 22.9 Å². The lowest BCUT2D eigenvalue weighted by Crippen LogP contribution is -2.23. The Balaban J connectivity index is 3.42. The van der Waals surface area contributed by atoms with E-state index < -0.39 is 15.9 Å². The summed E-state index contributed by atoms with van der Waals surface area (Å²) >= 11 is 0. The minimum absolute atomic E-state index is 0.00335. The van der Waals surface area contributed by atoms with Gasteiger partial charge in [0.05, 0.1) is 5.75 Å². The third kappa shape index (κ3) is 2.93. The topological polar surface area (TPSA) is 60.2 Å². The van der Waals surface area contributed by atoms with Crippen LogP contribution >= 0.6 is 0 Å². The van der Waals surface area contributed by atoms with Crippen LogP contribution in [0.15, 0.2) is 0 Å². The summed E-state index contributed by atoms with van der Waals surface area (Å²) in [5.41, 5.74) is 13.0. The monoisotopic (exact) mass is 269 g/mol. The molecule has 0 aliphatic carbocycles. The zero-order valence-corrected chi connectivity index (χ0v) is 12.9. The lowest BCUT2D eigenvalue weighted by atomic mass is 9.87. The average Bonchev–Trinajstić information content (AvgIpc) is 2.21. The number of sulfone groups is 1. The van der Waals surface area contributed by atoms with E-state index >= 15 is 0 Å². The summed E-state index contributed by atoms with van der Waals surface area (Å²) in [7, 11) is -3.07. The van der Waals surface area contributed by atoms with Crippen molar-refractivity contribution in [2.24, 2.45) is 5.73 Å². The molecule has 1 atom stereocenters. The highest BCUT2D eigenvalue weighted by Crippen LogP contribution is 2.29. The van der Waals surface area contributed by atoms with Crippen LogP contribution in [0.4, 0.5) is 0 Å². The molecule has 102 valence electrons. The first-order chi connectivity index (χ1) is 8.06. The fourth-order valence-electron chi connectivity index (χ4n) is 2.49. The van der Waals surface area contributed by atoms with Gasteiger partial charge in [-0.1, -0.05) is 0 Å². The highest BCUT2D eigenvalue weighted by molar-refractivity contribution is 7.90. The summed E-state index contributed by atoms with van der Waals surface area (Å²) < 4.78 is 22.8. The highest BCUT2D eigenvalue weighted by Gasteiger charge is 2.20. The van der Waals surface area contributed by atoms with Gasteiger partial charge in [0.25, 0.3) is 0 Å². The fraction of sp³-hybridized carbons (Fsp3) is 0.571. The molecule has 2 N–H and O–H groups in total. The van der Waals surface area contributed by atoms with Crippen molar-refractivity contribution in [3.63, 3.8) is 0 Å². The van der Waals surface area contributed by atoms with Crippen molar-refractivity contribution in [2.45, 2.75) is 40.7 Å². The lowest BCUT2D eigenvalue weighted by molar-refractivity contribution is 0.594. The van der Waals surface area contributed by atoms with Crippen LogP contribution in [0.5, 0.6) is 0 Å². The molecule has 0 aliphatic rings. The van der Waals surface area contributed by atoms with Crippen molar-refractivity contribution in [3.05, 3.63) is 33.4 Å². The molecule has 0 radical (unpaired) electrons. The second-order valence-corrected chi connectivity index (χ2v) is 7.42. The summed E-state index contributed by atoms with van der Waals surface area (Å²) in [6.07, 6.45) is 1.23. The van der Waals surface area contributed by atoms with Crippen molar-refractivity contribution >= 4 is 9.84 Å². The van der Waals surface area contributed by atoms with E-state index in [4.69, 9.17) is 5.73 Å². The molecule has 0 bridgehead atoms.